The molecule has 0 aromatic heterocycles. The molecule has 0 nitrogen and oxygen atoms in total. The molecule has 0 bridgehead atoms. The minimum atomic E-state index is -0.272. The first-order valence-electron chi connectivity index (χ1n) is 9.25. The van der Waals surface area contributed by atoms with Crippen molar-refractivity contribution < 1.29 is 0 Å². The summed E-state index contributed by atoms with van der Waals surface area (Å²) in [5, 5.41) is 0. The van der Waals surface area contributed by atoms with Gasteiger partial charge in [0.2, 0.25) is 0 Å². The van der Waals surface area contributed by atoms with Crippen molar-refractivity contribution in [2.24, 2.45) is 0 Å². The van der Waals surface area contributed by atoms with Crippen molar-refractivity contribution in [3.63, 3.8) is 0 Å². The molecule has 0 amide bonds. The molecule has 0 saturated carbocycles. The zero-order chi connectivity index (χ0) is 18.3. The van der Waals surface area contributed by atoms with E-state index >= 15 is 0 Å². The summed E-state index contributed by atoms with van der Waals surface area (Å²) in [6, 6.07) is 37.8. The maximum Gasteiger partial charge on any atom is 0.0713 e. The lowest BCUT2D eigenvalue weighted by atomic mass is 9.68. The van der Waals surface area contributed by atoms with Crippen LogP contribution in [0.4, 0.5) is 0 Å². The predicted molar refractivity (Wildman–Crippen MR) is 116 cm³/mol. The van der Waals surface area contributed by atoms with E-state index in [1.54, 1.807) is 11.8 Å². The van der Waals surface area contributed by atoms with Crippen LogP contribution in [0, 0.1) is 0 Å². The highest BCUT2D eigenvalue weighted by molar-refractivity contribution is 7.98. The fraction of sp³-hybridized carbons (Fsp3) is 0.0769. The number of fused-ring (bicyclic) bond motifs is 3. The largest absolute Gasteiger partial charge is 0.130 e. The van der Waals surface area contributed by atoms with E-state index in [9.17, 15) is 0 Å². The van der Waals surface area contributed by atoms with Crippen LogP contribution < -0.4 is 0 Å². The van der Waals surface area contributed by atoms with E-state index in [1.165, 1.54) is 38.3 Å². The van der Waals surface area contributed by atoms with Crippen molar-refractivity contribution >= 4 is 11.8 Å². The van der Waals surface area contributed by atoms with Gasteiger partial charge in [-0.25, -0.2) is 0 Å². The van der Waals surface area contributed by atoms with E-state index in [-0.39, 0.29) is 5.41 Å². The van der Waals surface area contributed by atoms with E-state index in [4.69, 9.17) is 0 Å². The van der Waals surface area contributed by atoms with Gasteiger partial charge in [-0.2, -0.15) is 0 Å². The van der Waals surface area contributed by atoms with Crippen molar-refractivity contribution in [3.8, 4) is 11.1 Å². The molecule has 1 aliphatic rings. The third kappa shape index (κ3) is 2.32. The Balaban J connectivity index is 1.92. The average Bonchev–Trinajstić information content (AvgIpc) is 3.06. The zero-order valence-electron chi connectivity index (χ0n) is 15.2. The molecule has 0 N–H and O–H groups in total. The van der Waals surface area contributed by atoms with Gasteiger partial charge in [-0.3, -0.25) is 0 Å². The monoisotopic (exact) mass is 364 g/mol. The Labute approximate surface area is 164 Å². The second-order valence-corrected chi connectivity index (χ2v) is 7.82. The molecule has 0 atom stereocenters. The predicted octanol–water partition coefficient (Wildman–Crippen LogP) is 6.77. The summed E-state index contributed by atoms with van der Waals surface area (Å²) in [5.41, 5.74) is 7.79. The maximum absolute atomic E-state index is 2.30. The summed E-state index contributed by atoms with van der Waals surface area (Å²) >= 11 is 1.79. The van der Waals surface area contributed by atoms with Crippen LogP contribution in [0.3, 0.4) is 0 Å². The summed E-state index contributed by atoms with van der Waals surface area (Å²) in [7, 11) is 0. The summed E-state index contributed by atoms with van der Waals surface area (Å²) in [5.74, 6) is 0. The fourth-order valence-electron chi connectivity index (χ4n) is 4.55. The lowest BCUT2D eigenvalue weighted by Crippen LogP contribution is -2.28. The zero-order valence-corrected chi connectivity index (χ0v) is 16.0. The number of benzene rings is 4. The molecule has 0 heterocycles. The van der Waals surface area contributed by atoms with E-state index < -0.39 is 0 Å². The Morgan fingerprint density at radius 2 is 1.00 bits per heavy atom. The molecule has 4 aromatic rings. The SMILES string of the molecule is CSc1ccc(C2(c3ccccc3)c3ccccc3-c3ccccc32)cc1. The maximum atomic E-state index is 2.30. The van der Waals surface area contributed by atoms with Gasteiger partial charge in [0.1, 0.15) is 0 Å². The van der Waals surface area contributed by atoms with E-state index in [1.807, 2.05) is 0 Å². The van der Waals surface area contributed by atoms with Crippen LogP contribution in [0.2, 0.25) is 0 Å². The molecular formula is C26H20S. The second kappa shape index (κ2) is 6.44. The standard InChI is InChI=1S/C26H20S/c1-27-21-17-15-20(16-18-21)26(19-9-3-2-4-10-19)24-13-7-5-11-22(24)23-12-6-8-14-25(23)26/h2-18H,1H3. The lowest BCUT2D eigenvalue weighted by Gasteiger charge is -2.33. The summed E-state index contributed by atoms with van der Waals surface area (Å²) < 4.78 is 0. The number of hydrogen-bond donors (Lipinski definition) is 0. The van der Waals surface area contributed by atoms with Crippen molar-refractivity contribution in [1.29, 1.82) is 0 Å². The average molecular weight is 365 g/mol. The third-order valence-electron chi connectivity index (χ3n) is 5.68. The van der Waals surface area contributed by atoms with E-state index in [0.717, 1.165) is 0 Å². The first-order chi connectivity index (χ1) is 13.4. The normalized spacial score (nSPS) is 13.8. The van der Waals surface area contributed by atoms with Crippen LogP contribution in [-0.4, -0.2) is 6.26 Å². The number of thioether (sulfide) groups is 1. The molecule has 0 spiro atoms. The van der Waals surface area contributed by atoms with Crippen LogP contribution in [-0.2, 0) is 5.41 Å². The van der Waals surface area contributed by atoms with Crippen LogP contribution in [0.5, 0.6) is 0 Å². The van der Waals surface area contributed by atoms with Crippen LogP contribution >= 0.6 is 11.8 Å². The Morgan fingerprint density at radius 1 is 0.519 bits per heavy atom. The second-order valence-electron chi connectivity index (χ2n) is 6.94. The highest BCUT2D eigenvalue weighted by Gasteiger charge is 2.45. The van der Waals surface area contributed by atoms with Gasteiger partial charge in [0, 0.05) is 4.90 Å². The molecule has 0 fully saturated rings. The molecule has 4 aromatic carbocycles. The van der Waals surface area contributed by atoms with Crippen LogP contribution in [0.15, 0.2) is 108 Å². The molecular weight excluding hydrogens is 344 g/mol. The lowest BCUT2D eigenvalue weighted by molar-refractivity contribution is 0.767. The van der Waals surface area contributed by atoms with Crippen LogP contribution in [0.1, 0.15) is 22.3 Å². The highest BCUT2D eigenvalue weighted by atomic mass is 32.2. The van der Waals surface area contributed by atoms with Gasteiger partial charge < -0.3 is 0 Å². The van der Waals surface area contributed by atoms with Gasteiger partial charge in [0.15, 0.2) is 0 Å². The molecule has 1 heteroatoms. The third-order valence-corrected chi connectivity index (χ3v) is 6.43. The number of hydrogen-bond acceptors (Lipinski definition) is 1. The van der Waals surface area contributed by atoms with Crippen molar-refractivity contribution in [2.75, 3.05) is 6.26 Å². The minimum absolute atomic E-state index is 0.272. The molecule has 5 rings (SSSR count). The highest BCUT2D eigenvalue weighted by Crippen LogP contribution is 2.55. The first kappa shape index (κ1) is 16.4. The molecule has 1 aliphatic carbocycles. The molecule has 0 aliphatic heterocycles. The Morgan fingerprint density at radius 3 is 1.56 bits per heavy atom. The minimum Gasteiger partial charge on any atom is -0.130 e. The van der Waals surface area contributed by atoms with Gasteiger partial charge >= 0.3 is 0 Å². The topological polar surface area (TPSA) is 0 Å². The molecule has 27 heavy (non-hydrogen) atoms. The van der Waals surface area contributed by atoms with Gasteiger partial charge in [-0.05, 0) is 51.8 Å². The Hall–Kier alpha value is -2.77. The van der Waals surface area contributed by atoms with Crippen molar-refractivity contribution in [1.82, 2.24) is 0 Å². The van der Waals surface area contributed by atoms with Gasteiger partial charge in [0.25, 0.3) is 0 Å². The van der Waals surface area contributed by atoms with E-state index in [2.05, 4.69) is 109 Å². The van der Waals surface area contributed by atoms with Crippen molar-refractivity contribution in [3.05, 3.63) is 125 Å². The first-order valence-corrected chi connectivity index (χ1v) is 10.5. The summed E-state index contributed by atoms with van der Waals surface area (Å²) in [4.78, 5) is 1.29. The van der Waals surface area contributed by atoms with Crippen LogP contribution in [0.25, 0.3) is 11.1 Å². The summed E-state index contributed by atoms with van der Waals surface area (Å²) in [6.45, 7) is 0. The van der Waals surface area contributed by atoms with Gasteiger partial charge in [-0.15, -0.1) is 11.8 Å². The summed E-state index contributed by atoms with van der Waals surface area (Å²) in [6.07, 6.45) is 2.13. The molecule has 0 unspecified atom stereocenters. The van der Waals surface area contributed by atoms with Gasteiger partial charge in [0.05, 0.1) is 5.41 Å². The quantitative estimate of drug-likeness (QED) is 0.318. The smallest absolute Gasteiger partial charge is 0.0713 e. The number of rotatable bonds is 3. The Kier molecular flexibility index (Phi) is 3.91. The fourth-order valence-corrected chi connectivity index (χ4v) is 4.96. The molecule has 130 valence electrons. The molecule has 0 radical (unpaired) electrons. The molecule has 0 saturated heterocycles. The Bertz CT molecular complexity index is 1050. The van der Waals surface area contributed by atoms with E-state index in [0.29, 0.717) is 0 Å². The van der Waals surface area contributed by atoms with Crippen molar-refractivity contribution in [2.45, 2.75) is 10.3 Å². The van der Waals surface area contributed by atoms with Gasteiger partial charge in [-0.1, -0.05) is 91.0 Å².